The Balaban J connectivity index is 2.17. The molecule has 0 unspecified atom stereocenters. The topological polar surface area (TPSA) is 58.4 Å². The van der Waals surface area contributed by atoms with Crippen LogP contribution < -0.4 is 16.0 Å². The summed E-state index contributed by atoms with van der Waals surface area (Å²) >= 11 is 5.90. The molecular weight excluding hydrogens is 274 g/mol. The molecule has 0 atom stereocenters. The zero-order valence-electron chi connectivity index (χ0n) is 11.1. The molecule has 0 radical (unpaired) electrons. The van der Waals surface area contributed by atoms with Gasteiger partial charge in [0, 0.05) is 28.6 Å². The number of hydrogen-bond acceptors (Lipinski definition) is 2. The van der Waals surface area contributed by atoms with Gasteiger partial charge in [0.1, 0.15) is 0 Å². The fourth-order valence-electron chi connectivity index (χ4n) is 1.89. The van der Waals surface area contributed by atoms with Crippen LogP contribution in [0.25, 0.3) is 0 Å². The molecular formula is C15H16ClN3O. The lowest BCUT2D eigenvalue weighted by atomic mass is 10.2. The zero-order chi connectivity index (χ0) is 14.5. The average Bonchev–Trinajstić information content (AvgIpc) is 2.39. The number of nitrogens with two attached hydrogens (primary N) is 1. The fourth-order valence-corrected chi connectivity index (χ4v) is 2.08. The molecule has 0 saturated heterocycles. The first-order valence-electron chi connectivity index (χ1n) is 6.30. The molecule has 2 aromatic rings. The van der Waals surface area contributed by atoms with E-state index < -0.39 is 0 Å². The molecule has 0 aliphatic heterocycles. The zero-order valence-corrected chi connectivity index (χ0v) is 11.9. The maximum atomic E-state index is 12.3. The molecule has 20 heavy (non-hydrogen) atoms. The van der Waals surface area contributed by atoms with E-state index in [1.165, 1.54) is 0 Å². The van der Waals surface area contributed by atoms with Gasteiger partial charge in [0.2, 0.25) is 0 Å². The molecule has 5 heteroatoms. The lowest BCUT2D eigenvalue weighted by Gasteiger charge is -2.22. The van der Waals surface area contributed by atoms with Crippen LogP contribution in [0.15, 0.2) is 48.5 Å². The molecule has 104 valence electrons. The smallest absolute Gasteiger partial charge is 0.326 e. The van der Waals surface area contributed by atoms with Gasteiger partial charge in [0.15, 0.2) is 0 Å². The van der Waals surface area contributed by atoms with E-state index in [4.69, 9.17) is 17.3 Å². The third-order valence-corrected chi connectivity index (χ3v) is 3.05. The third kappa shape index (κ3) is 3.42. The summed E-state index contributed by atoms with van der Waals surface area (Å²) in [4.78, 5) is 13.9. The van der Waals surface area contributed by atoms with Gasteiger partial charge in [-0.05, 0) is 43.3 Å². The second-order valence-electron chi connectivity index (χ2n) is 4.28. The molecule has 0 saturated carbocycles. The quantitative estimate of drug-likeness (QED) is 0.840. The van der Waals surface area contributed by atoms with Crippen LogP contribution in [0.2, 0.25) is 5.02 Å². The van der Waals surface area contributed by atoms with Crippen LogP contribution in [0.4, 0.5) is 21.9 Å². The van der Waals surface area contributed by atoms with Crippen LogP contribution in [-0.4, -0.2) is 12.6 Å². The standard InChI is InChI=1S/C15H16ClN3O/c1-2-19(14-8-4-6-12(17)10-14)15(20)18-13-7-3-5-11(16)9-13/h3-10H,2,17H2,1H3,(H,18,20). The van der Waals surface area contributed by atoms with Crippen LogP contribution in [0.5, 0.6) is 0 Å². The van der Waals surface area contributed by atoms with Gasteiger partial charge >= 0.3 is 6.03 Å². The molecule has 0 aromatic heterocycles. The summed E-state index contributed by atoms with van der Waals surface area (Å²) in [6.07, 6.45) is 0. The summed E-state index contributed by atoms with van der Waals surface area (Å²) in [5.41, 5.74) is 7.78. The number of hydrogen-bond donors (Lipinski definition) is 2. The predicted octanol–water partition coefficient (Wildman–Crippen LogP) is 3.98. The number of rotatable bonds is 3. The summed E-state index contributed by atoms with van der Waals surface area (Å²) < 4.78 is 0. The third-order valence-electron chi connectivity index (χ3n) is 2.82. The molecule has 0 bridgehead atoms. The molecule has 0 aliphatic carbocycles. The molecule has 2 aromatic carbocycles. The Kier molecular flexibility index (Phi) is 4.48. The Morgan fingerprint density at radius 2 is 2.00 bits per heavy atom. The number of urea groups is 1. The highest BCUT2D eigenvalue weighted by Crippen LogP contribution is 2.20. The highest BCUT2D eigenvalue weighted by Gasteiger charge is 2.14. The predicted molar refractivity (Wildman–Crippen MR) is 84.3 cm³/mol. The molecule has 0 aliphatic rings. The van der Waals surface area contributed by atoms with E-state index >= 15 is 0 Å². The Bertz CT molecular complexity index is 616. The van der Waals surface area contributed by atoms with Crippen molar-refractivity contribution < 1.29 is 4.79 Å². The van der Waals surface area contributed by atoms with Crippen molar-refractivity contribution in [3.8, 4) is 0 Å². The van der Waals surface area contributed by atoms with Crippen molar-refractivity contribution in [3.63, 3.8) is 0 Å². The second-order valence-corrected chi connectivity index (χ2v) is 4.72. The van der Waals surface area contributed by atoms with Gasteiger partial charge in [0.25, 0.3) is 0 Å². The van der Waals surface area contributed by atoms with Crippen molar-refractivity contribution in [2.75, 3.05) is 22.5 Å². The monoisotopic (exact) mass is 289 g/mol. The summed E-state index contributed by atoms with van der Waals surface area (Å²) in [7, 11) is 0. The minimum atomic E-state index is -0.222. The molecule has 4 nitrogen and oxygen atoms in total. The lowest BCUT2D eigenvalue weighted by Crippen LogP contribution is -2.34. The van der Waals surface area contributed by atoms with Gasteiger partial charge in [-0.2, -0.15) is 0 Å². The molecule has 3 N–H and O–H groups in total. The number of anilines is 3. The largest absolute Gasteiger partial charge is 0.399 e. The van der Waals surface area contributed by atoms with Gasteiger partial charge in [0.05, 0.1) is 0 Å². The van der Waals surface area contributed by atoms with Crippen molar-refractivity contribution in [1.29, 1.82) is 0 Å². The van der Waals surface area contributed by atoms with Crippen LogP contribution in [0.1, 0.15) is 6.92 Å². The van der Waals surface area contributed by atoms with Gasteiger partial charge in [-0.15, -0.1) is 0 Å². The minimum Gasteiger partial charge on any atom is -0.399 e. The molecule has 2 amide bonds. The van der Waals surface area contributed by atoms with Crippen molar-refractivity contribution in [2.45, 2.75) is 6.92 Å². The van der Waals surface area contributed by atoms with Crippen LogP contribution in [-0.2, 0) is 0 Å². The molecule has 0 fully saturated rings. The Morgan fingerprint density at radius 3 is 2.65 bits per heavy atom. The lowest BCUT2D eigenvalue weighted by molar-refractivity contribution is 0.257. The fraction of sp³-hybridized carbons (Fsp3) is 0.133. The van der Waals surface area contributed by atoms with Crippen molar-refractivity contribution in [1.82, 2.24) is 0 Å². The SMILES string of the molecule is CCN(C(=O)Nc1cccc(Cl)c1)c1cccc(N)c1. The van der Waals surface area contributed by atoms with Crippen LogP contribution in [0, 0.1) is 0 Å². The minimum absolute atomic E-state index is 0.222. The number of carbonyl (C=O) groups excluding carboxylic acids is 1. The number of nitrogen functional groups attached to an aromatic ring is 1. The van der Waals surface area contributed by atoms with Gasteiger partial charge in [-0.25, -0.2) is 4.79 Å². The van der Waals surface area contributed by atoms with E-state index in [2.05, 4.69) is 5.32 Å². The Labute approximate surface area is 123 Å². The van der Waals surface area contributed by atoms with Gasteiger partial charge in [-0.3, -0.25) is 4.90 Å². The number of halogens is 1. The van der Waals surface area contributed by atoms with Crippen molar-refractivity contribution in [2.24, 2.45) is 0 Å². The molecule has 0 heterocycles. The highest BCUT2D eigenvalue weighted by molar-refractivity contribution is 6.30. The van der Waals surface area contributed by atoms with E-state index in [0.29, 0.717) is 22.9 Å². The van der Waals surface area contributed by atoms with E-state index in [1.54, 1.807) is 41.3 Å². The average molecular weight is 290 g/mol. The Morgan fingerprint density at radius 1 is 1.25 bits per heavy atom. The maximum Gasteiger partial charge on any atom is 0.326 e. The second kappa shape index (κ2) is 6.30. The number of nitrogens with one attached hydrogen (secondary N) is 1. The van der Waals surface area contributed by atoms with Crippen molar-refractivity contribution >= 4 is 34.7 Å². The number of benzene rings is 2. The number of carbonyl (C=O) groups is 1. The maximum absolute atomic E-state index is 12.3. The van der Waals surface area contributed by atoms with Crippen molar-refractivity contribution in [3.05, 3.63) is 53.6 Å². The van der Waals surface area contributed by atoms with Gasteiger partial charge in [-0.1, -0.05) is 23.7 Å². The van der Waals surface area contributed by atoms with E-state index in [-0.39, 0.29) is 6.03 Å². The summed E-state index contributed by atoms with van der Waals surface area (Å²) in [5.74, 6) is 0. The van der Waals surface area contributed by atoms with Gasteiger partial charge < -0.3 is 11.1 Å². The first kappa shape index (κ1) is 14.2. The normalized spacial score (nSPS) is 10.1. The molecule has 2 rings (SSSR count). The van der Waals surface area contributed by atoms with E-state index in [1.807, 2.05) is 19.1 Å². The summed E-state index contributed by atoms with van der Waals surface area (Å²) in [6.45, 7) is 2.44. The van der Waals surface area contributed by atoms with Crippen LogP contribution >= 0.6 is 11.6 Å². The summed E-state index contributed by atoms with van der Waals surface area (Å²) in [6, 6.07) is 14.0. The number of amides is 2. The number of nitrogens with zero attached hydrogens (tertiary/aromatic N) is 1. The first-order valence-corrected chi connectivity index (χ1v) is 6.67. The van der Waals surface area contributed by atoms with E-state index in [9.17, 15) is 4.79 Å². The Hall–Kier alpha value is -2.20. The summed E-state index contributed by atoms with van der Waals surface area (Å²) in [5, 5.41) is 3.39. The van der Waals surface area contributed by atoms with E-state index in [0.717, 1.165) is 5.69 Å². The molecule has 0 spiro atoms. The van der Waals surface area contributed by atoms with Crippen LogP contribution in [0.3, 0.4) is 0 Å². The first-order chi connectivity index (χ1) is 9.60. The highest BCUT2D eigenvalue weighted by atomic mass is 35.5.